The maximum Gasteiger partial charge on any atom is 0.161 e. The molecule has 0 amide bonds. The van der Waals surface area contributed by atoms with Gasteiger partial charge in [0.1, 0.15) is 5.82 Å². The van der Waals surface area contributed by atoms with Crippen molar-refractivity contribution in [1.29, 1.82) is 0 Å². The molecule has 2 aromatic rings. The zero-order valence-electron chi connectivity index (χ0n) is 10.9. The average Bonchev–Trinajstić information content (AvgIpc) is 2.41. The Balaban J connectivity index is 2.45. The fraction of sp³-hybridized carbons (Fsp3) is 0.200. The number of Topliss-reactive ketones (excluding diaryl/α,β-unsaturated/α-hetero) is 1. The van der Waals surface area contributed by atoms with Crippen molar-refractivity contribution in [2.24, 2.45) is 0 Å². The molecule has 0 bridgehead atoms. The van der Waals surface area contributed by atoms with Gasteiger partial charge in [0.05, 0.1) is 11.9 Å². The van der Waals surface area contributed by atoms with Crippen LogP contribution in [0.5, 0.6) is 0 Å². The second-order valence-corrected chi connectivity index (χ2v) is 4.27. The minimum absolute atomic E-state index is 0.173. The van der Waals surface area contributed by atoms with Gasteiger partial charge in [-0.2, -0.15) is 0 Å². The molecule has 0 spiro atoms. The topological polar surface area (TPSA) is 42.0 Å². The van der Waals surface area contributed by atoms with Gasteiger partial charge >= 0.3 is 0 Å². The molecular weight excluding hydrogens is 243 g/mol. The maximum absolute atomic E-state index is 13.7. The molecule has 0 aliphatic carbocycles. The molecule has 0 aliphatic heterocycles. The molecule has 2 rings (SSSR count). The normalized spacial score (nSPS) is 10.3. The van der Waals surface area contributed by atoms with Gasteiger partial charge in [-0.15, -0.1) is 0 Å². The van der Waals surface area contributed by atoms with Crippen molar-refractivity contribution in [3.05, 3.63) is 53.6 Å². The van der Waals surface area contributed by atoms with Crippen LogP contribution < -0.4 is 5.32 Å². The van der Waals surface area contributed by atoms with Crippen LogP contribution in [-0.4, -0.2) is 10.8 Å². The van der Waals surface area contributed by atoms with Crippen LogP contribution >= 0.6 is 0 Å². The maximum atomic E-state index is 13.7. The first kappa shape index (κ1) is 13.2. The summed E-state index contributed by atoms with van der Waals surface area (Å²) in [6.07, 6.45) is 3.89. The average molecular weight is 258 g/mol. The van der Waals surface area contributed by atoms with Crippen LogP contribution in [0.1, 0.15) is 29.8 Å². The third kappa shape index (κ3) is 2.96. The number of anilines is 2. The summed E-state index contributed by atoms with van der Waals surface area (Å²) < 4.78 is 13.7. The van der Waals surface area contributed by atoms with E-state index in [0.29, 0.717) is 23.2 Å². The molecule has 1 aromatic carbocycles. The van der Waals surface area contributed by atoms with Crippen LogP contribution in [-0.2, 0) is 6.42 Å². The standard InChI is InChI=1S/C15H15FN2O/c1-3-11-7-15(13(10(2)19)8-14(11)16)18-12-5-4-6-17-9-12/h4-9,18H,3H2,1-2H3. The summed E-state index contributed by atoms with van der Waals surface area (Å²) >= 11 is 0. The van der Waals surface area contributed by atoms with Gasteiger partial charge in [-0.3, -0.25) is 9.78 Å². The Morgan fingerprint density at radius 1 is 1.42 bits per heavy atom. The zero-order chi connectivity index (χ0) is 13.8. The number of benzene rings is 1. The molecule has 3 nitrogen and oxygen atoms in total. The van der Waals surface area contributed by atoms with Crippen molar-refractivity contribution in [1.82, 2.24) is 4.98 Å². The number of nitrogens with one attached hydrogen (secondary N) is 1. The van der Waals surface area contributed by atoms with E-state index < -0.39 is 0 Å². The number of hydrogen-bond donors (Lipinski definition) is 1. The summed E-state index contributed by atoms with van der Waals surface area (Å²) in [5, 5.41) is 3.11. The summed E-state index contributed by atoms with van der Waals surface area (Å²) in [6.45, 7) is 3.30. The van der Waals surface area contributed by atoms with Crippen molar-refractivity contribution in [3.63, 3.8) is 0 Å². The van der Waals surface area contributed by atoms with Crippen LogP contribution in [0.3, 0.4) is 0 Å². The Labute approximate surface area is 111 Å². The van der Waals surface area contributed by atoms with Gasteiger partial charge in [-0.1, -0.05) is 6.92 Å². The van der Waals surface area contributed by atoms with E-state index in [2.05, 4.69) is 10.3 Å². The number of carbonyl (C=O) groups is 1. The molecule has 1 N–H and O–H groups in total. The van der Waals surface area contributed by atoms with Gasteiger partial charge in [0.25, 0.3) is 0 Å². The number of aryl methyl sites for hydroxylation is 1. The van der Waals surface area contributed by atoms with Crippen molar-refractivity contribution in [2.45, 2.75) is 20.3 Å². The van der Waals surface area contributed by atoms with E-state index in [1.54, 1.807) is 24.5 Å². The Bertz CT molecular complexity index is 597. The predicted octanol–water partition coefficient (Wildman–Crippen LogP) is 3.73. The van der Waals surface area contributed by atoms with Gasteiger partial charge in [-0.25, -0.2) is 4.39 Å². The largest absolute Gasteiger partial charge is 0.354 e. The summed E-state index contributed by atoms with van der Waals surface area (Å²) in [5.41, 5.74) is 2.30. The Hall–Kier alpha value is -2.23. The van der Waals surface area contributed by atoms with Crippen molar-refractivity contribution >= 4 is 17.2 Å². The summed E-state index contributed by atoms with van der Waals surface area (Å²) in [6, 6.07) is 6.60. The first-order valence-corrected chi connectivity index (χ1v) is 6.12. The molecule has 0 aliphatic rings. The molecular formula is C15H15FN2O. The molecule has 0 unspecified atom stereocenters. The van der Waals surface area contributed by atoms with Gasteiger partial charge in [0.15, 0.2) is 5.78 Å². The van der Waals surface area contributed by atoms with E-state index in [1.165, 1.54) is 13.0 Å². The zero-order valence-corrected chi connectivity index (χ0v) is 10.9. The highest BCUT2D eigenvalue weighted by Crippen LogP contribution is 2.25. The number of halogens is 1. The molecule has 0 saturated carbocycles. The first-order valence-electron chi connectivity index (χ1n) is 6.12. The van der Waals surface area contributed by atoms with Gasteiger partial charge < -0.3 is 5.32 Å². The molecule has 0 radical (unpaired) electrons. The number of pyridine rings is 1. The summed E-state index contributed by atoms with van der Waals surface area (Å²) in [7, 11) is 0. The third-order valence-electron chi connectivity index (χ3n) is 2.89. The van der Waals surface area contributed by atoms with E-state index in [4.69, 9.17) is 0 Å². The van der Waals surface area contributed by atoms with E-state index >= 15 is 0 Å². The van der Waals surface area contributed by atoms with E-state index in [0.717, 1.165) is 5.69 Å². The number of aromatic nitrogens is 1. The molecule has 0 fully saturated rings. The minimum atomic E-state index is -0.343. The molecule has 98 valence electrons. The Kier molecular flexibility index (Phi) is 3.90. The fourth-order valence-electron chi connectivity index (χ4n) is 1.88. The summed E-state index contributed by atoms with van der Waals surface area (Å²) in [4.78, 5) is 15.6. The second-order valence-electron chi connectivity index (χ2n) is 4.27. The second kappa shape index (κ2) is 5.61. The van der Waals surface area contributed by atoms with E-state index in [-0.39, 0.29) is 11.6 Å². The summed E-state index contributed by atoms with van der Waals surface area (Å²) in [5.74, 6) is -0.516. The minimum Gasteiger partial charge on any atom is -0.354 e. The van der Waals surface area contributed by atoms with Crippen molar-refractivity contribution in [3.8, 4) is 0 Å². The van der Waals surface area contributed by atoms with Crippen molar-refractivity contribution in [2.75, 3.05) is 5.32 Å². The monoisotopic (exact) mass is 258 g/mol. The molecule has 4 heteroatoms. The van der Waals surface area contributed by atoms with E-state index in [1.807, 2.05) is 13.0 Å². The van der Waals surface area contributed by atoms with Crippen LogP contribution in [0, 0.1) is 5.82 Å². The highest BCUT2D eigenvalue weighted by Gasteiger charge is 2.12. The van der Waals surface area contributed by atoms with Crippen molar-refractivity contribution < 1.29 is 9.18 Å². The number of ketones is 1. The lowest BCUT2D eigenvalue weighted by molar-refractivity contribution is 0.101. The Morgan fingerprint density at radius 2 is 2.21 bits per heavy atom. The smallest absolute Gasteiger partial charge is 0.161 e. The van der Waals surface area contributed by atoms with Crippen LogP contribution in [0.4, 0.5) is 15.8 Å². The number of rotatable bonds is 4. The molecule has 19 heavy (non-hydrogen) atoms. The molecule has 1 heterocycles. The van der Waals surface area contributed by atoms with Crippen LogP contribution in [0.15, 0.2) is 36.7 Å². The number of hydrogen-bond acceptors (Lipinski definition) is 3. The van der Waals surface area contributed by atoms with E-state index in [9.17, 15) is 9.18 Å². The third-order valence-corrected chi connectivity index (χ3v) is 2.89. The molecule has 1 aromatic heterocycles. The lowest BCUT2D eigenvalue weighted by Gasteiger charge is -2.12. The predicted molar refractivity (Wildman–Crippen MR) is 73.3 cm³/mol. The highest BCUT2D eigenvalue weighted by atomic mass is 19.1. The van der Waals surface area contributed by atoms with Crippen LogP contribution in [0.25, 0.3) is 0 Å². The lowest BCUT2D eigenvalue weighted by Crippen LogP contribution is -2.03. The highest BCUT2D eigenvalue weighted by molar-refractivity contribution is 6.00. The molecule has 0 atom stereocenters. The molecule has 0 saturated heterocycles. The first-order chi connectivity index (χ1) is 9.11. The SMILES string of the molecule is CCc1cc(Nc2cccnc2)c(C(C)=O)cc1F. The fourth-order valence-corrected chi connectivity index (χ4v) is 1.88. The van der Waals surface area contributed by atoms with Gasteiger partial charge in [0, 0.05) is 17.4 Å². The van der Waals surface area contributed by atoms with Gasteiger partial charge in [0.2, 0.25) is 0 Å². The Morgan fingerprint density at radius 3 is 2.79 bits per heavy atom. The van der Waals surface area contributed by atoms with Gasteiger partial charge in [-0.05, 0) is 43.2 Å². The number of nitrogens with zero attached hydrogens (tertiary/aromatic N) is 1. The number of carbonyl (C=O) groups excluding carboxylic acids is 1. The quantitative estimate of drug-likeness (QED) is 0.850. The lowest BCUT2D eigenvalue weighted by atomic mass is 10.0. The van der Waals surface area contributed by atoms with Crippen LogP contribution in [0.2, 0.25) is 0 Å².